The number of rotatable bonds is 3. The molecule has 0 amide bonds. The van der Waals surface area contributed by atoms with Crippen LogP contribution >= 0.6 is 45.3 Å². The van der Waals surface area contributed by atoms with E-state index in [2.05, 4.69) is 0 Å². The molecular formula is C34H16F6S4. The molecule has 8 aromatic rings. The molecule has 10 heteroatoms. The lowest BCUT2D eigenvalue weighted by atomic mass is 10.0. The van der Waals surface area contributed by atoms with Gasteiger partial charge in [-0.15, -0.1) is 45.3 Å². The molecule has 0 spiro atoms. The molecule has 0 atom stereocenters. The molecule has 0 aliphatic rings. The number of alkyl halides is 6. The topological polar surface area (TPSA) is 0 Å². The van der Waals surface area contributed by atoms with Crippen molar-refractivity contribution in [3.05, 3.63) is 107 Å². The smallest absolute Gasteiger partial charge is 0.165 e. The van der Waals surface area contributed by atoms with Crippen molar-refractivity contribution >= 4 is 85.7 Å². The van der Waals surface area contributed by atoms with Gasteiger partial charge < -0.3 is 0 Å². The summed E-state index contributed by atoms with van der Waals surface area (Å²) in [5, 5.41) is 2.92. The van der Waals surface area contributed by atoms with Gasteiger partial charge in [-0.25, -0.2) is 0 Å². The molecule has 0 bridgehead atoms. The summed E-state index contributed by atoms with van der Waals surface area (Å²) in [6.07, 6.45) is -8.72. The minimum Gasteiger partial charge on any atom is -0.165 e. The number of benzene rings is 4. The van der Waals surface area contributed by atoms with E-state index in [1.807, 2.05) is 72.8 Å². The Kier molecular flexibility index (Phi) is 6.26. The molecule has 0 aliphatic heterocycles. The summed E-state index contributed by atoms with van der Waals surface area (Å²) < 4.78 is 82.9. The van der Waals surface area contributed by atoms with E-state index >= 15 is 0 Å². The monoisotopic (exact) mass is 666 g/mol. The Hall–Kier alpha value is -3.70. The Morgan fingerprint density at radius 3 is 0.977 bits per heavy atom. The maximum absolute atomic E-state index is 13.3. The molecule has 44 heavy (non-hydrogen) atoms. The maximum Gasteiger partial charge on any atom is 0.425 e. The van der Waals surface area contributed by atoms with Gasteiger partial charge in [0.1, 0.15) is 9.75 Å². The van der Waals surface area contributed by atoms with Crippen molar-refractivity contribution in [2.75, 3.05) is 0 Å². The molecule has 0 radical (unpaired) electrons. The van der Waals surface area contributed by atoms with Crippen molar-refractivity contribution in [3.63, 3.8) is 0 Å². The number of halogens is 6. The summed E-state index contributed by atoms with van der Waals surface area (Å²) in [7, 11) is 0. The van der Waals surface area contributed by atoms with Gasteiger partial charge in [-0.3, -0.25) is 0 Å². The van der Waals surface area contributed by atoms with Crippen LogP contribution in [0, 0.1) is 0 Å². The van der Waals surface area contributed by atoms with Gasteiger partial charge in [0, 0.05) is 50.1 Å². The van der Waals surface area contributed by atoms with Crippen molar-refractivity contribution in [2.45, 2.75) is 12.4 Å². The highest BCUT2D eigenvalue weighted by atomic mass is 32.1. The van der Waals surface area contributed by atoms with Crippen molar-refractivity contribution in [1.29, 1.82) is 0 Å². The summed E-state index contributed by atoms with van der Waals surface area (Å²) >= 11 is 4.65. The second-order valence-corrected chi connectivity index (χ2v) is 14.7. The van der Waals surface area contributed by atoms with Crippen LogP contribution in [0.4, 0.5) is 26.3 Å². The molecule has 0 unspecified atom stereocenters. The fourth-order valence-corrected chi connectivity index (χ4v) is 9.53. The van der Waals surface area contributed by atoms with Crippen molar-refractivity contribution in [1.82, 2.24) is 0 Å². The quantitative estimate of drug-likeness (QED) is 0.165. The maximum atomic E-state index is 13.3. The Morgan fingerprint density at radius 2 is 0.636 bits per heavy atom. The van der Waals surface area contributed by atoms with Gasteiger partial charge in [0.15, 0.2) is 0 Å². The summed E-state index contributed by atoms with van der Waals surface area (Å²) in [6.45, 7) is 0. The van der Waals surface area contributed by atoms with E-state index in [4.69, 9.17) is 0 Å². The Labute approximate surface area is 262 Å². The lowest BCUT2D eigenvalue weighted by molar-refractivity contribution is -0.135. The van der Waals surface area contributed by atoms with E-state index in [9.17, 15) is 26.3 Å². The lowest BCUT2D eigenvalue weighted by Crippen LogP contribution is -2.00. The van der Waals surface area contributed by atoms with E-state index in [-0.39, 0.29) is 0 Å². The van der Waals surface area contributed by atoms with Crippen LogP contribution in [0.25, 0.3) is 72.4 Å². The van der Waals surface area contributed by atoms with E-state index in [1.54, 1.807) is 34.8 Å². The highest BCUT2D eigenvalue weighted by molar-refractivity contribution is 7.23. The first-order valence-electron chi connectivity index (χ1n) is 13.3. The van der Waals surface area contributed by atoms with E-state index in [0.717, 1.165) is 74.9 Å². The van der Waals surface area contributed by atoms with Gasteiger partial charge in [0.05, 0.1) is 0 Å². The Balaban J connectivity index is 1.07. The second kappa shape index (κ2) is 9.90. The largest absolute Gasteiger partial charge is 0.425 e. The third-order valence-corrected chi connectivity index (χ3v) is 12.2. The number of fused-ring (bicyclic) bond motifs is 6. The van der Waals surface area contributed by atoms with Crippen LogP contribution in [0.5, 0.6) is 0 Å². The first kappa shape index (κ1) is 27.8. The summed E-state index contributed by atoms with van der Waals surface area (Å²) in [5.41, 5.74) is 4.02. The molecule has 0 aliphatic carbocycles. The molecule has 4 aromatic heterocycles. The first-order valence-corrected chi connectivity index (χ1v) is 16.6. The van der Waals surface area contributed by atoms with Crippen LogP contribution in [0.15, 0.2) is 97.1 Å². The van der Waals surface area contributed by atoms with E-state index in [1.165, 1.54) is 12.1 Å². The van der Waals surface area contributed by atoms with E-state index in [0.29, 0.717) is 20.2 Å². The second-order valence-electron chi connectivity index (χ2n) is 10.4. The van der Waals surface area contributed by atoms with Gasteiger partial charge in [-0.2, -0.15) is 26.3 Å². The minimum absolute atomic E-state index is 0.588. The average Bonchev–Trinajstić information content (AvgIpc) is 3.79. The summed E-state index contributed by atoms with van der Waals surface area (Å²) in [5.74, 6) is 0. The van der Waals surface area contributed by atoms with Crippen LogP contribution in [0.2, 0.25) is 0 Å². The SMILES string of the molecule is FC(F)(F)c1cc2c(ccc3sc(-c4ccc(-c5ccc(-c6cc7c(ccc8sc(C(F)(F)F)cc87)s6)cc5)cc4)cc32)s1. The number of hydrogen-bond acceptors (Lipinski definition) is 4. The Bertz CT molecular complexity index is 2180. The molecule has 218 valence electrons. The molecule has 0 N–H and O–H groups in total. The van der Waals surface area contributed by atoms with E-state index < -0.39 is 22.1 Å². The average molecular weight is 667 g/mol. The fourth-order valence-electron chi connectivity index (χ4n) is 5.48. The highest BCUT2D eigenvalue weighted by Gasteiger charge is 2.34. The molecule has 8 rings (SSSR count). The first-order chi connectivity index (χ1) is 21.0. The summed E-state index contributed by atoms with van der Waals surface area (Å²) in [4.78, 5) is 0.798. The third kappa shape index (κ3) is 4.72. The van der Waals surface area contributed by atoms with Crippen LogP contribution in [0.1, 0.15) is 9.75 Å². The number of hydrogen-bond donors (Lipinski definition) is 0. The van der Waals surface area contributed by atoms with Crippen LogP contribution < -0.4 is 0 Å². The third-order valence-electron chi connectivity index (χ3n) is 7.63. The normalized spacial score (nSPS) is 12.8. The lowest BCUT2D eigenvalue weighted by Gasteiger charge is -2.05. The van der Waals surface area contributed by atoms with Crippen LogP contribution in [-0.4, -0.2) is 0 Å². The molecule has 0 nitrogen and oxygen atoms in total. The van der Waals surface area contributed by atoms with Crippen LogP contribution in [-0.2, 0) is 12.4 Å². The molecule has 4 heterocycles. The van der Waals surface area contributed by atoms with Gasteiger partial charge in [0.2, 0.25) is 0 Å². The van der Waals surface area contributed by atoms with Gasteiger partial charge in [0.25, 0.3) is 0 Å². The molecule has 0 fully saturated rings. The predicted octanol–water partition coefficient (Wildman–Crippen LogP) is 13.6. The molecule has 4 aromatic carbocycles. The zero-order valence-corrected chi connectivity index (χ0v) is 25.4. The van der Waals surface area contributed by atoms with Gasteiger partial charge >= 0.3 is 12.4 Å². The van der Waals surface area contributed by atoms with Crippen molar-refractivity contribution in [3.8, 4) is 32.0 Å². The predicted molar refractivity (Wildman–Crippen MR) is 174 cm³/mol. The van der Waals surface area contributed by atoms with Gasteiger partial charge in [-0.1, -0.05) is 48.5 Å². The zero-order chi connectivity index (χ0) is 30.4. The van der Waals surface area contributed by atoms with Crippen molar-refractivity contribution < 1.29 is 26.3 Å². The van der Waals surface area contributed by atoms with Crippen molar-refractivity contribution in [2.24, 2.45) is 0 Å². The highest BCUT2D eigenvalue weighted by Crippen LogP contribution is 2.45. The van der Waals surface area contributed by atoms with Gasteiger partial charge in [-0.05, 0) is 70.8 Å². The molecular weight excluding hydrogens is 651 g/mol. The molecule has 0 saturated heterocycles. The molecule has 0 saturated carbocycles. The zero-order valence-electron chi connectivity index (χ0n) is 22.1. The Morgan fingerprint density at radius 1 is 0.341 bits per heavy atom. The fraction of sp³-hybridized carbons (Fsp3) is 0.0588. The summed E-state index contributed by atoms with van der Waals surface area (Å²) in [6, 6.07) is 29.9. The number of thiophene rings is 4. The minimum atomic E-state index is -4.36. The standard InChI is InChI=1S/C34H16F6S4/c35-33(36,37)31-15-23-21-13-29(41-25(21)9-11-27(23)43-31)19-5-1-17(2-6-19)18-3-7-20(8-4-18)30-14-22-24-16-32(34(38,39)40)44-28(24)12-10-26(22)42-30/h1-16H. The van der Waals surface area contributed by atoms with Crippen LogP contribution in [0.3, 0.4) is 0 Å².